The molecule has 0 saturated carbocycles. The molecule has 0 unspecified atom stereocenters. The maximum atomic E-state index is 6.05. The summed E-state index contributed by atoms with van der Waals surface area (Å²) in [6.45, 7) is 4.86. The molecule has 136 valence electrons. The van der Waals surface area contributed by atoms with Gasteiger partial charge in [-0.15, -0.1) is 5.10 Å². The third-order valence-electron chi connectivity index (χ3n) is 4.22. The van der Waals surface area contributed by atoms with Gasteiger partial charge in [0.15, 0.2) is 0 Å². The van der Waals surface area contributed by atoms with E-state index in [1.807, 2.05) is 36.5 Å². The average Bonchev–Trinajstić information content (AvgIpc) is 3.08. The van der Waals surface area contributed by atoms with Crippen LogP contribution in [0.4, 0.5) is 0 Å². The maximum Gasteiger partial charge on any atom is 0.132 e. The van der Waals surface area contributed by atoms with Gasteiger partial charge in [0.25, 0.3) is 0 Å². The molecule has 1 heterocycles. The molecule has 2 aromatic carbocycles. The molecule has 0 radical (unpaired) electrons. The highest BCUT2D eigenvalue weighted by atomic mass is 35.5. The number of hydrogen-bond donors (Lipinski definition) is 0. The second-order valence-corrected chi connectivity index (χ2v) is 6.82. The van der Waals surface area contributed by atoms with Crippen molar-refractivity contribution in [3.05, 3.63) is 58.7 Å². The molecule has 0 bridgehead atoms. The number of benzene rings is 2. The van der Waals surface area contributed by atoms with Gasteiger partial charge < -0.3 is 9.47 Å². The monoisotopic (exact) mass is 371 g/mol. The summed E-state index contributed by atoms with van der Waals surface area (Å²) in [6, 6.07) is 11.7. The van der Waals surface area contributed by atoms with Crippen molar-refractivity contribution in [2.24, 2.45) is 0 Å². The zero-order valence-corrected chi connectivity index (χ0v) is 16.1. The highest BCUT2D eigenvalue weighted by Gasteiger charge is 2.17. The van der Waals surface area contributed by atoms with Gasteiger partial charge in [-0.3, -0.25) is 0 Å². The van der Waals surface area contributed by atoms with Crippen molar-refractivity contribution in [1.82, 2.24) is 15.0 Å². The Labute approximate surface area is 158 Å². The van der Waals surface area contributed by atoms with Crippen LogP contribution < -0.4 is 9.47 Å². The molecule has 0 aliphatic heterocycles. The van der Waals surface area contributed by atoms with Crippen LogP contribution in [0.1, 0.15) is 30.9 Å². The van der Waals surface area contributed by atoms with Crippen LogP contribution in [0.25, 0.3) is 11.3 Å². The van der Waals surface area contributed by atoms with Crippen LogP contribution in [0, 0.1) is 0 Å². The Balaban J connectivity index is 1.96. The van der Waals surface area contributed by atoms with Crippen LogP contribution in [0.3, 0.4) is 0 Å². The second-order valence-electron chi connectivity index (χ2n) is 6.38. The van der Waals surface area contributed by atoms with Gasteiger partial charge in [-0.05, 0) is 35.2 Å². The van der Waals surface area contributed by atoms with E-state index < -0.39 is 0 Å². The average molecular weight is 372 g/mol. The zero-order chi connectivity index (χ0) is 18.7. The molecule has 0 atom stereocenters. The van der Waals surface area contributed by atoms with E-state index in [2.05, 4.69) is 30.2 Å². The summed E-state index contributed by atoms with van der Waals surface area (Å²) in [5.74, 6) is 1.84. The predicted octanol–water partition coefficient (Wildman–Crippen LogP) is 4.79. The highest BCUT2D eigenvalue weighted by Crippen LogP contribution is 2.38. The maximum absolute atomic E-state index is 6.05. The molecule has 0 saturated heterocycles. The molecule has 1 aromatic heterocycles. The second kappa shape index (κ2) is 7.79. The van der Waals surface area contributed by atoms with Gasteiger partial charge in [0.2, 0.25) is 0 Å². The lowest BCUT2D eigenvalue weighted by Gasteiger charge is -2.16. The van der Waals surface area contributed by atoms with Gasteiger partial charge >= 0.3 is 0 Å². The fourth-order valence-electron chi connectivity index (χ4n) is 2.90. The number of hydrogen-bond acceptors (Lipinski definition) is 4. The van der Waals surface area contributed by atoms with Gasteiger partial charge in [-0.1, -0.05) is 42.8 Å². The summed E-state index contributed by atoms with van der Waals surface area (Å²) in [7, 11) is 3.31. The molecule has 0 spiro atoms. The molecular weight excluding hydrogens is 350 g/mol. The quantitative estimate of drug-likeness (QED) is 0.625. The van der Waals surface area contributed by atoms with Crippen molar-refractivity contribution in [3.8, 4) is 22.8 Å². The summed E-state index contributed by atoms with van der Waals surface area (Å²) in [6.07, 6.45) is 1.91. The summed E-state index contributed by atoms with van der Waals surface area (Å²) in [5, 5.41) is 9.29. The lowest BCUT2D eigenvalue weighted by molar-refractivity contribution is 0.390. The van der Waals surface area contributed by atoms with Crippen LogP contribution in [-0.4, -0.2) is 29.2 Å². The summed E-state index contributed by atoms with van der Waals surface area (Å²) < 4.78 is 12.8. The van der Waals surface area contributed by atoms with Crippen LogP contribution >= 0.6 is 11.6 Å². The molecule has 0 N–H and O–H groups in total. The number of rotatable bonds is 6. The van der Waals surface area contributed by atoms with Crippen molar-refractivity contribution in [2.75, 3.05) is 14.2 Å². The lowest BCUT2D eigenvalue weighted by atomic mass is 9.97. The summed E-state index contributed by atoms with van der Waals surface area (Å²) >= 11 is 6.05. The molecule has 6 heteroatoms. The summed E-state index contributed by atoms with van der Waals surface area (Å²) in [4.78, 5) is 0. The van der Waals surface area contributed by atoms with E-state index >= 15 is 0 Å². The van der Waals surface area contributed by atoms with E-state index in [0.29, 0.717) is 23.2 Å². The topological polar surface area (TPSA) is 49.2 Å². The fraction of sp³-hybridized carbons (Fsp3) is 0.300. The van der Waals surface area contributed by atoms with Crippen LogP contribution in [0.15, 0.2) is 42.6 Å². The Morgan fingerprint density at radius 1 is 1.08 bits per heavy atom. The Morgan fingerprint density at radius 3 is 2.50 bits per heavy atom. The number of ether oxygens (including phenoxy) is 2. The van der Waals surface area contributed by atoms with Crippen LogP contribution in [-0.2, 0) is 6.54 Å². The molecule has 5 nitrogen and oxygen atoms in total. The van der Waals surface area contributed by atoms with E-state index in [-0.39, 0.29) is 0 Å². The van der Waals surface area contributed by atoms with E-state index in [1.54, 1.807) is 18.9 Å². The van der Waals surface area contributed by atoms with E-state index in [1.165, 1.54) is 0 Å². The molecule has 26 heavy (non-hydrogen) atoms. The SMILES string of the molecule is COc1cc(OC)c(C(C)C)cc1-c1cn(Cc2cccc(Cl)c2)nn1. The Kier molecular flexibility index (Phi) is 5.47. The molecule has 0 amide bonds. The molecule has 3 rings (SSSR count). The minimum absolute atomic E-state index is 0.316. The van der Waals surface area contributed by atoms with Crippen LogP contribution in [0.5, 0.6) is 11.5 Å². The number of nitrogens with zero attached hydrogens (tertiary/aromatic N) is 3. The standard InChI is InChI=1S/C20H22ClN3O2/c1-13(2)16-9-17(20(26-4)10-19(16)25-3)18-12-24(23-22-18)11-14-6-5-7-15(21)8-14/h5-10,12-13H,11H2,1-4H3. The third kappa shape index (κ3) is 3.83. The normalized spacial score (nSPS) is 11.0. The summed E-state index contributed by atoms with van der Waals surface area (Å²) in [5.41, 5.74) is 3.83. The Hall–Kier alpha value is -2.53. The van der Waals surface area contributed by atoms with Crippen molar-refractivity contribution in [1.29, 1.82) is 0 Å². The van der Waals surface area contributed by atoms with Gasteiger partial charge in [0.05, 0.1) is 27.0 Å². The molecule has 0 aliphatic rings. The highest BCUT2D eigenvalue weighted by molar-refractivity contribution is 6.30. The lowest BCUT2D eigenvalue weighted by Crippen LogP contribution is -2.00. The first-order valence-corrected chi connectivity index (χ1v) is 8.80. The van der Waals surface area contributed by atoms with E-state index in [4.69, 9.17) is 21.1 Å². The van der Waals surface area contributed by atoms with Gasteiger partial charge in [0, 0.05) is 16.7 Å². The number of halogens is 1. The van der Waals surface area contributed by atoms with Crippen molar-refractivity contribution in [3.63, 3.8) is 0 Å². The fourth-order valence-corrected chi connectivity index (χ4v) is 3.11. The Bertz CT molecular complexity index is 906. The van der Waals surface area contributed by atoms with E-state index in [0.717, 1.165) is 28.1 Å². The molecule has 3 aromatic rings. The van der Waals surface area contributed by atoms with E-state index in [9.17, 15) is 0 Å². The van der Waals surface area contributed by atoms with Gasteiger partial charge in [-0.25, -0.2) is 4.68 Å². The van der Waals surface area contributed by atoms with Crippen molar-refractivity contribution in [2.45, 2.75) is 26.3 Å². The number of aromatic nitrogens is 3. The largest absolute Gasteiger partial charge is 0.496 e. The molecule has 0 fully saturated rings. The molecule has 0 aliphatic carbocycles. The Morgan fingerprint density at radius 2 is 1.85 bits per heavy atom. The van der Waals surface area contributed by atoms with Crippen molar-refractivity contribution >= 4 is 11.6 Å². The molecular formula is C20H22ClN3O2. The zero-order valence-electron chi connectivity index (χ0n) is 15.4. The first-order valence-electron chi connectivity index (χ1n) is 8.42. The smallest absolute Gasteiger partial charge is 0.132 e. The minimum atomic E-state index is 0.316. The first kappa shape index (κ1) is 18.3. The first-order chi connectivity index (χ1) is 12.5. The predicted molar refractivity (Wildman–Crippen MR) is 103 cm³/mol. The minimum Gasteiger partial charge on any atom is -0.496 e. The van der Waals surface area contributed by atoms with Gasteiger partial charge in [-0.2, -0.15) is 0 Å². The van der Waals surface area contributed by atoms with Gasteiger partial charge in [0.1, 0.15) is 17.2 Å². The third-order valence-corrected chi connectivity index (χ3v) is 4.46. The van der Waals surface area contributed by atoms with Crippen molar-refractivity contribution < 1.29 is 9.47 Å². The van der Waals surface area contributed by atoms with Crippen LogP contribution in [0.2, 0.25) is 5.02 Å². The number of methoxy groups -OCH3 is 2.